The average Bonchev–Trinajstić information content (AvgIpc) is 2.72. The molecule has 2 aliphatic rings. The van der Waals surface area contributed by atoms with Crippen LogP contribution in [-0.2, 0) is 10.0 Å². The first-order chi connectivity index (χ1) is 11.9. The Balaban J connectivity index is 2.38. The van der Waals surface area contributed by atoms with Gasteiger partial charge in [0.15, 0.2) is 5.75 Å². The monoisotopic (exact) mass is 409 g/mol. The van der Waals surface area contributed by atoms with Gasteiger partial charge in [0, 0.05) is 30.1 Å². The highest BCUT2D eigenvalue weighted by atomic mass is 32.2. The van der Waals surface area contributed by atoms with Gasteiger partial charge in [-0.05, 0) is 17.9 Å². The summed E-state index contributed by atoms with van der Waals surface area (Å²) >= 11 is 0. The third-order valence-corrected chi connectivity index (χ3v) is 6.05. The van der Waals surface area contributed by atoms with Crippen molar-refractivity contribution < 1.29 is 21.6 Å². The van der Waals surface area contributed by atoms with Crippen molar-refractivity contribution in [2.24, 2.45) is 15.8 Å². The van der Waals surface area contributed by atoms with E-state index in [1.54, 1.807) is 0 Å². The molecule has 0 saturated carbocycles. The van der Waals surface area contributed by atoms with E-state index in [1.807, 2.05) is 32.6 Å². The molecule has 1 unspecified atom stereocenters. The van der Waals surface area contributed by atoms with Crippen LogP contribution in [0.2, 0.25) is 0 Å². The average molecular weight is 410 g/mol. The minimum absolute atomic E-state index is 0.0593. The highest BCUT2D eigenvalue weighted by Crippen LogP contribution is 2.43. The first-order valence-corrected chi connectivity index (χ1v) is 10.7. The van der Waals surface area contributed by atoms with Crippen LogP contribution in [0, 0.1) is 10.8 Å². The molecule has 27 heavy (non-hydrogen) atoms. The minimum atomic E-state index is -4.76. The Kier molecular flexibility index (Phi) is 5.56. The number of amidine groups is 1. The second-order valence-corrected chi connectivity index (χ2v) is 11.2. The molecule has 2 rings (SSSR count). The minimum Gasteiger partial charge on any atom is -0.332 e. The van der Waals surface area contributed by atoms with Gasteiger partial charge in [0.05, 0.1) is 6.04 Å². The maximum atomic E-state index is 12.6. The highest BCUT2D eigenvalue weighted by molar-refractivity contribution is 7.89. The molecule has 2 aliphatic heterocycles. The van der Waals surface area contributed by atoms with Gasteiger partial charge in [-0.3, -0.25) is 4.99 Å². The lowest BCUT2D eigenvalue weighted by atomic mass is 9.79. The zero-order valence-electron chi connectivity index (χ0n) is 17.0. The summed E-state index contributed by atoms with van der Waals surface area (Å²) in [6.45, 7) is 14.6. The van der Waals surface area contributed by atoms with Crippen molar-refractivity contribution >= 4 is 15.9 Å². The molecule has 0 amide bonds. The Morgan fingerprint density at radius 2 is 1.67 bits per heavy atom. The number of hydrogen-bond donors (Lipinski definition) is 1. The normalized spacial score (nSPS) is 25.0. The Labute approximate surface area is 160 Å². The lowest BCUT2D eigenvalue weighted by molar-refractivity contribution is -0.106. The van der Waals surface area contributed by atoms with Crippen molar-refractivity contribution in [3.63, 3.8) is 0 Å². The molecular weight excluding hydrogens is 379 g/mol. The van der Waals surface area contributed by atoms with Gasteiger partial charge in [-0.1, -0.05) is 41.5 Å². The molecule has 0 aromatic carbocycles. The summed E-state index contributed by atoms with van der Waals surface area (Å²) in [6, 6.07) is -0.668. The maximum absolute atomic E-state index is 12.6. The number of nitrogens with zero attached hydrogens (tertiary/aromatic N) is 2. The van der Waals surface area contributed by atoms with Gasteiger partial charge >= 0.3 is 6.18 Å². The first kappa shape index (κ1) is 22.2. The maximum Gasteiger partial charge on any atom is 0.404 e. The molecule has 1 N–H and O–H groups in total. The van der Waals surface area contributed by atoms with Crippen LogP contribution in [-0.4, -0.2) is 49.7 Å². The zero-order chi connectivity index (χ0) is 21.0. The number of hydrogen-bond acceptors (Lipinski definition) is 4. The summed E-state index contributed by atoms with van der Waals surface area (Å²) in [5.74, 6) is -1.02. The van der Waals surface area contributed by atoms with Crippen LogP contribution in [0.4, 0.5) is 13.2 Å². The fraction of sp³-hybridized carbons (Fsp3) is 0.833. The SMILES string of the molecule is C[C@@H]1N=C(C(C)(C)C)N2CC(NS(=O)(=O)CC(F)(F)F)CC2=C1C(C)(C)C. The number of alkyl halides is 3. The van der Waals surface area contributed by atoms with Crippen LogP contribution in [0.5, 0.6) is 0 Å². The van der Waals surface area contributed by atoms with Gasteiger partial charge in [0.25, 0.3) is 0 Å². The second kappa shape index (κ2) is 6.76. The third kappa shape index (κ3) is 5.25. The first-order valence-electron chi connectivity index (χ1n) is 9.07. The van der Waals surface area contributed by atoms with Crippen molar-refractivity contribution in [3.05, 3.63) is 11.3 Å². The molecule has 0 aromatic rings. The zero-order valence-corrected chi connectivity index (χ0v) is 17.8. The van der Waals surface area contributed by atoms with Crippen molar-refractivity contribution in [3.8, 4) is 0 Å². The Bertz CT molecular complexity index is 756. The van der Waals surface area contributed by atoms with Crippen LogP contribution in [0.25, 0.3) is 0 Å². The van der Waals surface area contributed by atoms with Crippen LogP contribution >= 0.6 is 0 Å². The molecule has 0 radical (unpaired) electrons. The molecular formula is C18H30F3N3O2S. The van der Waals surface area contributed by atoms with E-state index in [2.05, 4.69) is 25.5 Å². The molecule has 2 atom stereocenters. The number of nitrogens with one attached hydrogen (secondary N) is 1. The van der Waals surface area contributed by atoms with Gasteiger partial charge in [-0.2, -0.15) is 13.2 Å². The van der Waals surface area contributed by atoms with E-state index < -0.39 is 28.0 Å². The quantitative estimate of drug-likeness (QED) is 0.773. The number of fused-ring (bicyclic) bond motifs is 1. The fourth-order valence-electron chi connectivity index (χ4n) is 4.02. The number of aliphatic imine (C=N–C) groups is 1. The van der Waals surface area contributed by atoms with Crippen molar-refractivity contribution in [1.29, 1.82) is 0 Å². The van der Waals surface area contributed by atoms with Crippen molar-refractivity contribution in [2.45, 2.75) is 73.1 Å². The van der Waals surface area contributed by atoms with Gasteiger partial charge in [0.2, 0.25) is 10.0 Å². The van der Waals surface area contributed by atoms with Crippen molar-refractivity contribution in [2.75, 3.05) is 12.3 Å². The molecule has 1 saturated heterocycles. The van der Waals surface area contributed by atoms with Crippen LogP contribution in [0.3, 0.4) is 0 Å². The second-order valence-electron chi connectivity index (χ2n) is 9.49. The van der Waals surface area contributed by atoms with E-state index in [1.165, 1.54) is 0 Å². The Morgan fingerprint density at radius 1 is 1.11 bits per heavy atom. The van der Waals surface area contributed by atoms with E-state index in [9.17, 15) is 21.6 Å². The van der Waals surface area contributed by atoms with E-state index in [0.29, 0.717) is 6.42 Å². The van der Waals surface area contributed by atoms with Crippen LogP contribution < -0.4 is 4.72 Å². The topological polar surface area (TPSA) is 61.8 Å². The lowest BCUT2D eigenvalue weighted by Gasteiger charge is -2.41. The van der Waals surface area contributed by atoms with E-state index in [-0.39, 0.29) is 23.4 Å². The number of halogens is 3. The molecule has 5 nitrogen and oxygen atoms in total. The standard InChI is InChI=1S/C18H30F3N3O2S/c1-11-14(16(2,3)4)13-8-12(23-27(25,26)10-18(19,20)21)9-24(13)15(22-11)17(5,6)7/h11-12,23H,8-10H2,1-7H3/t11-,12?/m0/s1. The van der Waals surface area contributed by atoms with E-state index in [4.69, 9.17) is 4.99 Å². The van der Waals surface area contributed by atoms with E-state index in [0.717, 1.165) is 17.1 Å². The molecule has 0 aromatic heterocycles. The van der Waals surface area contributed by atoms with Gasteiger partial charge in [-0.15, -0.1) is 0 Å². The fourth-order valence-corrected chi connectivity index (χ4v) is 5.20. The predicted octanol–water partition coefficient (Wildman–Crippen LogP) is 3.69. The smallest absolute Gasteiger partial charge is 0.332 e. The summed E-state index contributed by atoms with van der Waals surface area (Å²) in [5, 5.41) is 0. The lowest BCUT2D eigenvalue weighted by Crippen LogP contribution is -2.45. The highest BCUT2D eigenvalue weighted by Gasteiger charge is 2.44. The Morgan fingerprint density at radius 3 is 2.11 bits per heavy atom. The third-order valence-electron chi connectivity index (χ3n) is 4.65. The van der Waals surface area contributed by atoms with Crippen molar-refractivity contribution in [1.82, 2.24) is 9.62 Å². The van der Waals surface area contributed by atoms with Gasteiger partial charge in [-0.25, -0.2) is 13.1 Å². The van der Waals surface area contributed by atoms with E-state index >= 15 is 0 Å². The molecule has 156 valence electrons. The molecule has 0 aliphatic carbocycles. The number of sulfonamides is 1. The molecule has 9 heteroatoms. The molecule has 1 fully saturated rings. The summed E-state index contributed by atoms with van der Waals surface area (Å²) in [4.78, 5) is 6.86. The summed E-state index contributed by atoms with van der Waals surface area (Å²) < 4.78 is 63.8. The summed E-state index contributed by atoms with van der Waals surface area (Å²) in [5.41, 5.74) is 1.64. The van der Waals surface area contributed by atoms with Crippen LogP contribution in [0.1, 0.15) is 54.9 Å². The molecule has 0 spiro atoms. The van der Waals surface area contributed by atoms with Gasteiger partial charge < -0.3 is 4.90 Å². The largest absolute Gasteiger partial charge is 0.404 e. The Hall–Kier alpha value is -1.09. The summed E-state index contributed by atoms with van der Waals surface area (Å²) in [7, 11) is -4.45. The number of rotatable bonds is 3. The van der Waals surface area contributed by atoms with Crippen LogP contribution in [0.15, 0.2) is 16.3 Å². The van der Waals surface area contributed by atoms with Gasteiger partial charge in [0.1, 0.15) is 5.84 Å². The molecule has 2 heterocycles. The predicted molar refractivity (Wildman–Crippen MR) is 101 cm³/mol. The molecule has 0 bridgehead atoms. The summed E-state index contributed by atoms with van der Waals surface area (Å²) in [6.07, 6.45) is -4.40.